The molecule has 0 saturated carbocycles. The summed E-state index contributed by atoms with van der Waals surface area (Å²) < 4.78 is 33.3. The van der Waals surface area contributed by atoms with Gasteiger partial charge in [-0.2, -0.15) is 4.31 Å². The van der Waals surface area contributed by atoms with E-state index in [4.69, 9.17) is 4.74 Å². The van der Waals surface area contributed by atoms with Crippen molar-refractivity contribution in [3.05, 3.63) is 40.3 Å². The van der Waals surface area contributed by atoms with Crippen LogP contribution in [0.1, 0.15) is 30.1 Å². The van der Waals surface area contributed by atoms with E-state index in [1.54, 1.807) is 6.07 Å². The predicted molar refractivity (Wildman–Crippen MR) is 118 cm³/mol. The van der Waals surface area contributed by atoms with E-state index in [9.17, 15) is 18.0 Å². The normalized spacial score (nSPS) is 17.7. The number of hydrogen-bond acceptors (Lipinski definition) is 6. The molecular formula is C21H26N4O5S. The molecule has 31 heavy (non-hydrogen) atoms. The Bertz CT molecular complexity index is 1310. The van der Waals surface area contributed by atoms with Crippen molar-refractivity contribution in [1.82, 2.24) is 19.2 Å². The van der Waals surface area contributed by atoms with Crippen molar-refractivity contribution in [3.8, 4) is 0 Å². The molecule has 2 N–H and O–H groups in total. The summed E-state index contributed by atoms with van der Waals surface area (Å²) in [6.45, 7) is 3.02. The molecule has 0 spiro atoms. The maximum Gasteiger partial charge on any atom is 0.340 e. The Labute approximate surface area is 180 Å². The molecule has 0 aliphatic carbocycles. The minimum atomic E-state index is -3.72. The number of likely N-dealkylation sites (N-methyl/N-ethyl adjacent to an activating group) is 1. The number of H-pyrrole nitrogens is 2. The number of hydrogen-bond donors (Lipinski definition) is 2. The Morgan fingerprint density at radius 3 is 2.77 bits per heavy atom. The van der Waals surface area contributed by atoms with Gasteiger partial charge in [-0.15, -0.1) is 0 Å². The van der Waals surface area contributed by atoms with Gasteiger partial charge in [-0.05, 0) is 45.1 Å². The first-order valence-electron chi connectivity index (χ1n) is 10.2. The highest BCUT2D eigenvalue weighted by molar-refractivity contribution is 7.89. The van der Waals surface area contributed by atoms with Gasteiger partial charge in [0.05, 0.1) is 17.1 Å². The molecule has 3 heterocycles. The summed E-state index contributed by atoms with van der Waals surface area (Å²) in [4.78, 5) is 32.7. The lowest BCUT2D eigenvalue weighted by atomic mass is 10.1. The van der Waals surface area contributed by atoms with Crippen molar-refractivity contribution in [2.75, 3.05) is 33.8 Å². The zero-order valence-electron chi connectivity index (χ0n) is 17.8. The fraction of sp³-hybridized carbons (Fsp3) is 0.429. The molecule has 166 valence electrons. The topological polar surface area (TPSA) is 116 Å². The third-order valence-corrected chi connectivity index (χ3v) is 7.63. The molecule has 1 aliphatic rings. The van der Waals surface area contributed by atoms with Crippen LogP contribution < -0.4 is 5.56 Å². The molecule has 1 aliphatic heterocycles. The zero-order chi connectivity index (χ0) is 22.3. The first-order valence-corrected chi connectivity index (χ1v) is 11.7. The number of rotatable bonds is 6. The monoisotopic (exact) mass is 446 g/mol. The molecule has 0 amide bonds. The summed E-state index contributed by atoms with van der Waals surface area (Å²) in [5.41, 5.74) is 0.483. The van der Waals surface area contributed by atoms with E-state index in [0.717, 1.165) is 6.42 Å². The minimum absolute atomic E-state index is 0.127. The summed E-state index contributed by atoms with van der Waals surface area (Å²) in [6, 6.07) is 4.75. The van der Waals surface area contributed by atoms with Crippen LogP contribution in [0.25, 0.3) is 21.8 Å². The average Bonchev–Trinajstić information content (AvgIpc) is 3.40. The number of sulfonamides is 1. The van der Waals surface area contributed by atoms with E-state index in [0.29, 0.717) is 35.8 Å². The summed E-state index contributed by atoms with van der Waals surface area (Å²) in [5.74, 6) is -0.554. The lowest BCUT2D eigenvalue weighted by molar-refractivity contribution is 0.0507. The van der Waals surface area contributed by atoms with Crippen molar-refractivity contribution >= 4 is 37.8 Å². The number of esters is 1. The van der Waals surface area contributed by atoms with Crippen LogP contribution in [0.15, 0.2) is 34.1 Å². The predicted octanol–water partition coefficient (Wildman–Crippen LogP) is 1.90. The van der Waals surface area contributed by atoms with Crippen LogP contribution in [-0.2, 0) is 14.8 Å². The molecular weight excluding hydrogens is 420 g/mol. The van der Waals surface area contributed by atoms with Crippen LogP contribution in [0.4, 0.5) is 0 Å². The lowest BCUT2D eigenvalue weighted by Crippen LogP contribution is -2.34. The number of carbonyl (C=O) groups excluding carboxylic acids is 1. The Kier molecular flexibility index (Phi) is 5.63. The van der Waals surface area contributed by atoms with Crippen LogP contribution in [0.3, 0.4) is 0 Å². The number of aromatic nitrogens is 2. The van der Waals surface area contributed by atoms with Gasteiger partial charge >= 0.3 is 5.97 Å². The van der Waals surface area contributed by atoms with Gasteiger partial charge in [0.1, 0.15) is 5.52 Å². The number of benzene rings is 1. The van der Waals surface area contributed by atoms with Gasteiger partial charge < -0.3 is 19.6 Å². The van der Waals surface area contributed by atoms with E-state index < -0.39 is 16.0 Å². The quantitative estimate of drug-likeness (QED) is 0.559. The highest BCUT2D eigenvalue weighted by Crippen LogP contribution is 2.30. The van der Waals surface area contributed by atoms with Gasteiger partial charge in [0.25, 0.3) is 5.56 Å². The second-order valence-electron chi connectivity index (χ2n) is 8.02. The van der Waals surface area contributed by atoms with E-state index in [-0.39, 0.29) is 34.2 Å². The molecule has 0 unspecified atom stereocenters. The number of carbonyl (C=O) groups is 1. The van der Waals surface area contributed by atoms with Gasteiger partial charge in [0.15, 0.2) is 0 Å². The first kappa shape index (κ1) is 21.5. The standard InChI is InChI=1S/C21H26N4O5S/c1-4-9-30-21(27)16-11-22-19-18(16)15-10-14(5-6-17(15)23-20(19)26)31(28,29)25-8-7-13(12-25)24(2)3/h5-6,10-11,13,22H,4,7-9,12H2,1-3H3,(H,23,26)/t13-/m1/s1. The molecule has 0 bridgehead atoms. The van der Waals surface area contributed by atoms with Gasteiger partial charge in [0.2, 0.25) is 10.0 Å². The summed E-state index contributed by atoms with van der Waals surface area (Å²) in [5, 5.41) is 0.841. The summed E-state index contributed by atoms with van der Waals surface area (Å²) in [6.07, 6.45) is 2.87. The summed E-state index contributed by atoms with van der Waals surface area (Å²) in [7, 11) is 0.161. The van der Waals surface area contributed by atoms with Crippen LogP contribution in [0.5, 0.6) is 0 Å². The highest BCUT2D eigenvalue weighted by atomic mass is 32.2. The van der Waals surface area contributed by atoms with Crippen molar-refractivity contribution in [1.29, 1.82) is 0 Å². The molecule has 9 nitrogen and oxygen atoms in total. The second-order valence-corrected chi connectivity index (χ2v) is 9.96. The van der Waals surface area contributed by atoms with Crippen molar-refractivity contribution in [3.63, 3.8) is 0 Å². The van der Waals surface area contributed by atoms with Gasteiger partial charge in [-0.1, -0.05) is 6.92 Å². The Morgan fingerprint density at radius 2 is 2.10 bits per heavy atom. The smallest absolute Gasteiger partial charge is 0.340 e. The first-order chi connectivity index (χ1) is 14.7. The minimum Gasteiger partial charge on any atom is -0.462 e. The van der Waals surface area contributed by atoms with Crippen molar-refractivity contribution in [2.24, 2.45) is 0 Å². The number of nitrogens with one attached hydrogen (secondary N) is 2. The van der Waals surface area contributed by atoms with Crippen LogP contribution in [0, 0.1) is 0 Å². The van der Waals surface area contributed by atoms with Crippen LogP contribution in [-0.4, -0.2) is 73.4 Å². The van der Waals surface area contributed by atoms with Crippen molar-refractivity contribution < 1.29 is 17.9 Å². The van der Waals surface area contributed by atoms with Crippen LogP contribution in [0.2, 0.25) is 0 Å². The molecule has 1 aromatic carbocycles. The molecule has 4 rings (SSSR count). The van der Waals surface area contributed by atoms with E-state index in [1.807, 2.05) is 25.9 Å². The molecule has 2 aromatic heterocycles. The van der Waals surface area contributed by atoms with E-state index in [2.05, 4.69) is 9.97 Å². The molecule has 3 aromatic rings. The second kappa shape index (κ2) is 8.10. The highest BCUT2D eigenvalue weighted by Gasteiger charge is 2.33. The molecule has 1 fully saturated rings. The zero-order valence-corrected chi connectivity index (χ0v) is 18.6. The van der Waals surface area contributed by atoms with Gasteiger partial charge in [0, 0.05) is 41.6 Å². The number of pyridine rings is 1. The SMILES string of the molecule is CCCOC(=O)c1c[nH]c2c(=O)[nH]c3ccc(S(=O)(=O)N4CC[C@@H](N(C)C)C4)cc3c12. The third-order valence-electron chi connectivity index (χ3n) is 5.77. The van der Waals surface area contributed by atoms with Crippen molar-refractivity contribution in [2.45, 2.75) is 30.7 Å². The maximum absolute atomic E-state index is 13.3. The Morgan fingerprint density at radius 1 is 1.32 bits per heavy atom. The Balaban J connectivity index is 1.84. The number of ether oxygens (including phenoxy) is 1. The maximum atomic E-state index is 13.3. The fourth-order valence-corrected chi connectivity index (χ4v) is 5.52. The largest absolute Gasteiger partial charge is 0.462 e. The molecule has 0 radical (unpaired) electrons. The van der Waals surface area contributed by atoms with Crippen LogP contribution >= 0.6 is 0 Å². The van der Waals surface area contributed by atoms with E-state index in [1.165, 1.54) is 22.6 Å². The fourth-order valence-electron chi connectivity index (χ4n) is 4.00. The average molecular weight is 447 g/mol. The molecule has 1 atom stereocenters. The third kappa shape index (κ3) is 3.75. The molecule has 10 heteroatoms. The lowest BCUT2D eigenvalue weighted by Gasteiger charge is -2.20. The number of nitrogens with zero attached hydrogens (tertiary/aromatic N) is 2. The number of fused-ring (bicyclic) bond motifs is 3. The van der Waals surface area contributed by atoms with Gasteiger partial charge in [-0.3, -0.25) is 4.79 Å². The number of aromatic amines is 2. The summed E-state index contributed by atoms with van der Waals surface area (Å²) >= 11 is 0. The molecule has 1 saturated heterocycles. The van der Waals surface area contributed by atoms with E-state index >= 15 is 0 Å². The Hall–Kier alpha value is -2.69. The van der Waals surface area contributed by atoms with Gasteiger partial charge in [-0.25, -0.2) is 13.2 Å².